The van der Waals surface area contributed by atoms with Crippen LogP contribution < -0.4 is 5.32 Å². The molecule has 140 valence electrons. The zero-order valence-electron chi connectivity index (χ0n) is 15.5. The summed E-state index contributed by atoms with van der Waals surface area (Å²) in [6.45, 7) is 7.51. The Kier molecular flexibility index (Phi) is 6.34. The first-order chi connectivity index (χ1) is 12.6. The molecule has 1 aliphatic rings. The molecule has 1 fully saturated rings. The van der Waals surface area contributed by atoms with Crippen molar-refractivity contribution >= 4 is 17.7 Å². The van der Waals surface area contributed by atoms with E-state index in [1.54, 1.807) is 6.20 Å². The summed E-state index contributed by atoms with van der Waals surface area (Å²) in [5, 5.41) is 3.95. The maximum atomic E-state index is 12.9. The van der Waals surface area contributed by atoms with Gasteiger partial charge in [-0.15, -0.1) is 0 Å². The van der Waals surface area contributed by atoms with E-state index in [2.05, 4.69) is 29.0 Å². The Bertz CT molecular complexity index is 728. The number of aromatic nitrogens is 2. The van der Waals surface area contributed by atoms with Crippen molar-refractivity contribution < 1.29 is 9.53 Å². The van der Waals surface area contributed by atoms with Crippen LogP contribution in [0.1, 0.15) is 24.3 Å². The molecule has 0 aliphatic carbocycles. The van der Waals surface area contributed by atoms with Crippen LogP contribution in [0.2, 0.25) is 0 Å². The average molecular weight is 375 g/mol. The summed E-state index contributed by atoms with van der Waals surface area (Å²) in [5.41, 5.74) is 1.50. The number of nitrogens with one attached hydrogen (secondary N) is 1. The molecule has 1 saturated heterocycles. The lowest BCUT2D eigenvalue weighted by Crippen LogP contribution is -2.52. The molecule has 3 rings (SSSR count). The van der Waals surface area contributed by atoms with Crippen molar-refractivity contribution in [3.63, 3.8) is 0 Å². The number of thioether (sulfide) groups is 1. The molecule has 2 aromatic rings. The van der Waals surface area contributed by atoms with E-state index in [1.165, 1.54) is 11.8 Å². The lowest BCUT2D eigenvalue weighted by molar-refractivity contribution is 0.0137. The van der Waals surface area contributed by atoms with Crippen LogP contribution in [-0.4, -0.2) is 65.0 Å². The lowest BCUT2D eigenvalue weighted by atomic mass is 10.1. The van der Waals surface area contributed by atoms with Crippen LogP contribution in [0.3, 0.4) is 0 Å². The van der Waals surface area contributed by atoms with Gasteiger partial charge in [0.2, 0.25) is 0 Å². The zero-order valence-corrected chi connectivity index (χ0v) is 16.3. The molecule has 1 aromatic heterocycles. The van der Waals surface area contributed by atoms with Gasteiger partial charge in [0.15, 0.2) is 5.16 Å². The first-order valence-corrected chi connectivity index (χ1v) is 10.1. The van der Waals surface area contributed by atoms with Gasteiger partial charge in [-0.05, 0) is 32.2 Å². The minimum Gasteiger partial charge on any atom is -0.379 e. The molecule has 0 bridgehead atoms. The Morgan fingerprint density at radius 2 is 1.92 bits per heavy atom. The minimum absolute atomic E-state index is 0.0254. The SMILES string of the molecule is CSc1ncc(C(=O)NC(C)C(C)N2CCOCC2)n1-c1ccccc1. The van der Waals surface area contributed by atoms with Crippen LogP contribution in [-0.2, 0) is 4.74 Å². The van der Waals surface area contributed by atoms with E-state index in [0.29, 0.717) is 5.69 Å². The summed E-state index contributed by atoms with van der Waals surface area (Å²) < 4.78 is 7.33. The van der Waals surface area contributed by atoms with Gasteiger partial charge in [0.25, 0.3) is 5.91 Å². The highest BCUT2D eigenvalue weighted by molar-refractivity contribution is 7.98. The van der Waals surface area contributed by atoms with Gasteiger partial charge in [0.1, 0.15) is 5.69 Å². The van der Waals surface area contributed by atoms with Crippen molar-refractivity contribution in [2.45, 2.75) is 31.1 Å². The fourth-order valence-electron chi connectivity index (χ4n) is 3.17. The number of ether oxygens (including phenoxy) is 1. The van der Waals surface area contributed by atoms with Gasteiger partial charge in [0.05, 0.1) is 19.4 Å². The largest absolute Gasteiger partial charge is 0.379 e. The first kappa shape index (κ1) is 18.9. The monoisotopic (exact) mass is 374 g/mol. The van der Waals surface area contributed by atoms with Crippen LogP contribution in [0.5, 0.6) is 0 Å². The van der Waals surface area contributed by atoms with E-state index in [-0.39, 0.29) is 18.0 Å². The summed E-state index contributed by atoms with van der Waals surface area (Å²) >= 11 is 1.53. The van der Waals surface area contributed by atoms with Gasteiger partial charge in [0, 0.05) is 30.9 Å². The molecule has 2 atom stereocenters. The normalized spacial score (nSPS) is 17.7. The van der Waals surface area contributed by atoms with E-state index in [4.69, 9.17) is 4.74 Å². The van der Waals surface area contributed by atoms with Crippen LogP contribution >= 0.6 is 11.8 Å². The maximum Gasteiger partial charge on any atom is 0.270 e. The second-order valence-electron chi connectivity index (χ2n) is 6.45. The number of benzene rings is 1. The Hall–Kier alpha value is -1.83. The summed E-state index contributed by atoms with van der Waals surface area (Å²) in [5.74, 6) is -0.103. The molecule has 2 heterocycles. The fraction of sp³-hybridized carbons (Fsp3) is 0.474. The number of hydrogen-bond donors (Lipinski definition) is 1. The lowest BCUT2D eigenvalue weighted by Gasteiger charge is -2.35. The van der Waals surface area contributed by atoms with Crippen LogP contribution in [0.4, 0.5) is 0 Å². The number of carbonyl (C=O) groups is 1. The van der Waals surface area contributed by atoms with Crippen molar-refractivity contribution in [2.24, 2.45) is 0 Å². The molecular weight excluding hydrogens is 348 g/mol. The van der Waals surface area contributed by atoms with Gasteiger partial charge in [-0.1, -0.05) is 30.0 Å². The molecule has 1 N–H and O–H groups in total. The Morgan fingerprint density at radius 3 is 2.58 bits per heavy atom. The van der Waals surface area contributed by atoms with Crippen molar-refractivity contribution in [2.75, 3.05) is 32.6 Å². The third-order valence-electron chi connectivity index (χ3n) is 4.86. The smallest absolute Gasteiger partial charge is 0.270 e. The summed E-state index contributed by atoms with van der Waals surface area (Å²) in [6.07, 6.45) is 3.62. The third-order valence-corrected chi connectivity index (χ3v) is 5.52. The molecule has 26 heavy (non-hydrogen) atoms. The van der Waals surface area contributed by atoms with Gasteiger partial charge in [-0.25, -0.2) is 4.98 Å². The number of imidazole rings is 1. The van der Waals surface area contributed by atoms with Crippen LogP contribution in [0, 0.1) is 0 Å². The predicted molar refractivity (Wildman–Crippen MR) is 104 cm³/mol. The Labute approximate surface area is 158 Å². The highest BCUT2D eigenvalue weighted by Gasteiger charge is 2.25. The van der Waals surface area contributed by atoms with E-state index >= 15 is 0 Å². The topological polar surface area (TPSA) is 59.4 Å². The average Bonchev–Trinajstić information content (AvgIpc) is 3.13. The van der Waals surface area contributed by atoms with E-state index in [9.17, 15) is 4.79 Å². The molecular formula is C19H26N4O2S. The second kappa shape index (κ2) is 8.70. The number of carbonyl (C=O) groups excluding carboxylic acids is 1. The van der Waals surface area contributed by atoms with Crippen molar-refractivity contribution in [3.05, 3.63) is 42.2 Å². The van der Waals surface area contributed by atoms with Gasteiger partial charge < -0.3 is 10.1 Å². The Balaban J connectivity index is 1.76. The van der Waals surface area contributed by atoms with Crippen molar-refractivity contribution in [1.29, 1.82) is 0 Å². The molecule has 1 amide bonds. The summed E-state index contributed by atoms with van der Waals surface area (Å²) in [7, 11) is 0. The van der Waals surface area contributed by atoms with Crippen molar-refractivity contribution in [3.8, 4) is 5.69 Å². The molecule has 1 aromatic carbocycles. The zero-order chi connectivity index (χ0) is 18.5. The number of hydrogen-bond acceptors (Lipinski definition) is 5. The molecule has 0 radical (unpaired) electrons. The number of rotatable bonds is 6. The summed E-state index contributed by atoms with van der Waals surface area (Å²) in [4.78, 5) is 19.7. The number of morpholine rings is 1. The number of para-hydroxylation sites is 1. The maximum absolute atomic E-state index is 12.9. The second-order valence-corrected chi connectivity index (χ2v) is 7.23. The highest BCUT2D eigenvalue weighted by Crippen LogP contribution is 2.21. The molecule has 1 aliphatic heterocycles. The van der Waals surface area contributed by atoms with Gasteiger partial charge >= 0.3 is 0 Å². The summed E-state index contributed by atoms with van der Waals surface area (Å²) in [6, 6.07) is 10.1. The first-order valence-electron chi connectivity index (χ1n) is 8.91. The van der Waals surface area contributed by atoms with Crippen LogP contribution in [0.25, 0.3) is 5.69 Å². The molecule has 6 nitrogen and oxygen atoms in total. The standard InChI is InChI=1S/C19H26N4O2S/c1-14(15(2)22-9-11-25-12-10-22)21-18(24)17-13-20-19(26-3)23(17)16-7-5-4-6-8-16/h4-8,13-15H,9-12H2,1-3H3,(H,21,24). The van der Waals surface area contributed by atoms with E-state index in [1.807, 2.05) is 41.2 Å². The molecule has 2 unspecified atom stereocenters. The molecule has 7 heteroatoms. The fourth-order valence-corrected chi connectivity index (χ4v) is 3.71. The molecule has 0 spiro atoms. The highest BCUT2D eigenvalue weighted by atomic mass is 32.2. The van der Waals surface area contributed by atoms with Gasteiger partial charge in [-0.3, -0.25) is 14.3 Å². The third kappa shape index (κ3) is 4.11. The van der Waals surface area contributed by atoms with E-state index < -0.39 is 0 Å². The number of amides is 1. The minimum atomic E-state index is -0.103. The van der Waals surface area contributed by atoms with E-state index in [0.717, 1.165) is 37.1 Å². The molecule has 0 saturated carbocycles. The van der Waals surface area contributed by atoms with Gasteiger partial charge in [-0.2, -0.15) is 0 Å². The van der Waals surface area contributed by atoms with Crippen LogP contribution in [0.15, 0.2) is 41.7 Å². The quantitative estimate of drug-likeness (QED) is 0.787. The number of nitrogens with zero attached hydrogens (tertiary/aromatic N) is 3. The Morgan fingerprint density at radius 1 is 1.23 bits per heavy atom. The predicted octanol–water partition coefficient (Wildman–Crippen LogP) is 2.43. The van der Waals surface area contributed by atoms with Crippen molar-refractivity contribution in [1.82, 2.24) is 19.8 Å².